The molecule has 0 spiro atoms. The van der Waals surface area contributed by atoms with Crippen LogP contribution in [-0.2, 0) is 32.6 Å². The van der Waals surface area contributed by atoms with Crippen molar-refractivity contribution in [1.82, 2.24) is 10.2 Å². The number of para-hydroxylation sites is 1. The van der Waals surface area contributed by atoms with Gasteiger partial charge in [0.1, 0.15) is 12.6 Å². The maximum absolute atomic E-state index is 14.2. The lowest BCUT2D eigenvalue weighted by Crippen LogP contribution is -2.52. The molecule has 3 aromatic carbocycles. The first-order valence-electron chi connectivity index (χ1n) is 14.4. The molecule has 1 aliphatic carbocycles. The summed E-state index contributed by atoms with van der Waals surface area (Å²) in [6.07, 6.45) is 4.61. The molecule has 8 heteroatoms. The third-order valence-electron chi connectivity index (χ3n) is 8.00. The summed E-state index contributed by atoms with van der Waals surface area (Å²) in [5.41, 5.74) is 4.11. The van der Waals surface area contributed by atoms with Crippen LogP contribution in [0.5, 0.6) is 0 Å². The standard InChI is InChI=1S/C33H41N3O4S/c1-5-27-13-8-11-17-31(27)36(41(39,40)30-20-18-24(2)19-21-30)23-32(37)35(22-28-14-7-6-12-25(28)3)26(4)33(38)34-29-15-9-10-16-29/h6-8,11-14,17-21,26,29H,5,9-10,15-16,22-23H2,1-4H3,(H,34,38). The van der Waals surface area contributed by atoms with Crippen LogP contribution in [0.25, 0.3) is 0 Å². The second kappa shape index (κ2) is 13.3. The van der Waals surface area contributed by atoms with Gasteiger partial charge in [-0.15, -0.1) is 0 Å². The fourth-order valence-corrected chi connectivity index (χ4v) is 6.80. The summed E-state index contributed by atoms with van der Waals surface area (Å²) in [4.78, 5) is 29.2. The zero-order valence-corrected chi connectivity index (χ0v) is 25.3. The minimum absolute atomic E-state index is 0.107. The second-order valence-electron chi connectivity index (χ2n) is 10.9. The smallest absolute Gasteiger partial charge is 0.264 e. The van der Waals surface area contributed by atoms with Crippen molar-refractivity contribution in [3.8, 4) is 0 Å². The van der Waals surface area contributed by atoms with Gasteiger partial charge in [-0.3, -0.25) is 13.9 Å². The fraction of sp³-hybridized carbons (Fsp3) is 0.394. The fourth-order valence-electron chi connectivity index (χ4n) is 5.35. The van der Waals surface area contributed by atoms with Crippen LogP contribution in [0.2, 0.25) is 0 Å². The van der Waals surface area contributed by atoms with E-state index in [9.17, 15) is 18.0 Å². The number of benzene rings is 3. The first kappa shape index (κ1) is 30.3. The van der Waals surface area contributed by atoms with Crippen molar-refractivity contribution < 1.29 is 18.0 Å². The van der Waals surface area contributed by atoms with Crippen molar-refractivity contribution in [2.45, 2.75) is 83.3 Å². The van der Waals surface area contributed by atoms with Crippen LogP contribution in [-0.4, -0.2) is 43.8 Å². The second-order valence-corrected chi connectivity index (χ2v) is 12.8. The highest BCUT2D eigenvalue weighted by Gasteiger charge is 2.34. The van der Waals surface area contributed by atoms with Crippen molar-refractivity contribution in [2.75, 3.05) is 10.8 Å². The number of hydrogen-bond donors (Lipinski definition) is 1. The summed E-state index contributed by atoms with van der Waals surface area (Å²) in [5.74, 6) is -0.662. The van der Waals surface area contributed by atoms with Crippen LogP contribution in [0.15, 0.2) is 77.7 Å². The van der Waals surface area contributed by atoms with Crippen LogP contribution >= 0.6 is 0 Å². The van der Waals surface area contributed by atoms with Crippen molar-refractivity contribution in [2.24, 2.45) is 0 Å². The molecule has 0 aliphatic heterocycles. The molecule has 218 valence electrons. The van der Waals surface area contributed by atoms with Crippen LogP contribution in [0.3, 0.4) is 0 Å². The molecule has 1 atom stereocenters. The Balaban J connectivity index is 1.72. The summed E-state index contributed by atoms with van der Waals surface area (Å²) in [6, 6.07) is 20.9. The Morgan fingerprint density at radius 2 is 1.51 bits per heavy atom. The van der Waals surface area contributed by atoms with Gasteiger partial charge >= 0.3 is 0 Å². The lowest BCUT2D eigenvalue weighted by Gasteiger charge is -2.33. The Kier molecular flexibility index (Phi) is 9.86. The van der Waals surface area contributed by atoms with Crippen LogP contribution in [0.4, 0.5) is 5.69 Å². The third kappa shape index (κ3) is 7.17. The number of sulfonamides is 1. The molecule has 1 fully saturated rings. The van der Waals surface area contributed by atoms with Crippen LogP contribution in [0, 0.1) is 13.8 Å². The molecule has 4 rings (SSSR count). The van der Waals surface area contributed by atoms with E-state index in [4.69, 9.17) is 0 Å². The van der Waals surface area contributed by atoms with E-state index >= 15 is 0 Å². The normalized spacial score (nSPS) is 14.4. The SMILES string of the molecule is CCc1ccccc1N(CC(=O)N(Cc1ccccc1C)C(C)C(=O)NC1CCCC1)S(=O)(=O)c1ccc(C)cc1. The summed E-state index contributed by atoms with van der Waals surface area (Å²) in [6.45, 7) is 7.30. The minimum atomic E-state index is -4.09. The third-order valence-corrected chi connectivity index (χ3v) is 9.77. The van der Waals surface area contributed by atoms with E-state index in [1.807, 2.05) is 57.2 Å². The zero-order valence-electron chi connectivity index (χ0n) is 24.5. The number of anilines is 1. The molecule has 0 bridgehead atoms. The quantitative estimate of drug-likeness (QED) is 0.325. The van der Waals surface area contributed by atoms with Crippen LogP contribution < -0.4 is 9.62 Å². The van der Waals surface area contributed by atoms with Gasteiger partial charge in [0.25, 0.3) is 10.0 Å². The average Bonchev–Trinajstić information content (AvgIpc) is 3.48. The molecule has 2 amide bonds. The van der Waals surface area contributed by atoms with Crippen LogP contribution in [0.1, 0.15) is 61.8 Å². The monoisotopic (exact) mass is 575 g/mol. The molecule has 0 aromatic heterocycles. The van der Waals surface area contributed by atoms with E-state index in [1.165, 1.54) is 9.21 Å². The first-order chi connectivity index (χ1) is 19.6. The number of rotatable bonds is 11. The van der Waals surface area contributed by atoms with Crippen molar-refractivity contribution >= 4 is 27.5 Å². The van der Waals surface area contributed by atoms with Gasteiger partial charge in [-0.2, -0.15) is 0 Å². The number of nitrogens with zero attached hydrogens (tertiary/aromatic N) is 2. The predicted octanol–water partition coefficient (Wildman–Crippen LogP) is 5.54. The molecule has 41 heavy (non-hydrogen) atoms. The Morgan fingerprint density at radius 3 is 2.15 bits per heavy atom. The highest BCUT2D eigenvalue weighted by molar-refractivity contribution is 7.92. The highest BCUT2D eigenvalue weighted by Crippen LogP contribution is 2.28. The average molecular weight is 576 g/mol. The Morgan fingerprint density at radius 1 is 0.902 bits per heavy atom. The van der Waals surface area contributed by atoms with Gasteiger partial charge in [0.05, 0.1) is 10.6 Å². The number of hydrogen-bond acceptors (Lipinski definition) is 4. The Hall–Kier alpha value is -3.65. The molecule has 1 N–H and O–H groups in total. The largest absolute Gasteiger partial charge is 0.352 e. The molecule has 3 aromatic rings. The Bertz CT molecular complexity index is 1460. The topological polar surface area (TPSA) is 86.8 Å². The van der Waals surface area contributed by atoms with Gasteiger partial charge in [0.15, 0.2) is 0 Å². The molecule has 0 radical (unpaired) electrons. The van der Waals surface area contributed by atoms with Gasteiger partial charge in [0.2, 0.25) is 11.8 Å². The number of carbonyl (C=O) groups is 2. The lowest BCUT2D eigenvalue weighted by atomic mass is 10.1. The maximum atomic E-state index is 14.2. The van der Waals surface area contributed by atoms with Gasteiger partial charge in [-0.25, -0.2) is 8.42 Å². The van der Waals surface area contributed by atoms with E-state index in [-0.39, 0.29) is 23.4 Å². The van der Waals surface area contributed by atoms with Gasteiger partial charge in [-0.1, -0.05) is 79.9 Å². The van der Waals surface area contributed by atoms with E-state index in [0.717, 1.165) is 47.9 Å². The number of carbonyl (C=O) groups excluding carboxylic acids is 2. The maximum Gasteiger partial charge on any atom is 0.264 e. The van der Waals surface area contributed by atoms with E-state index in [2.05, 4.69) is 5.32 Å². The summed E-state index contributed by atoms with van der Waals surface area (Å²) < 4.78 is 29.4. The predicted molar refractivity (Wildman–Crippen MR) is 163 cm³/mol. The molecular weight excluding hydrogens is 534 g/mol. The van der Waals surface area contributed by atoms with Crippen molar-refractivity contribution in [3.05, 3.63) is 95.1 Å². The number of aryl methyl sites for hydroxylation is 3. The van der Waals surface area contributed by atoms with E-state index in [0.29, 0.717) is 12.1 Å². The minimum Gasteiger partial charge on any atom is -0.352 e. The summed E-state index contributed by atoms with van der Waals surface area (Å²) in [5, 5.41) is 3.11. The van der Waals surface area contributed by atoms with E-state index < -0.39 is 28.5 Å². The highest BCUT2D eigenvalue weighted by atomic mass is 32.2. The van der Waals surface area contributed by atoms with Gasteiger partial charge < -0.3 is 10.2 Å². The molecule has 1 aliphatic rings. The molecule has 0 saturated heterocycles. The first-order valence-corrected chi connectivity index (χ1v) is 15.9. The van der Waals surface area contributed by atoms with Crippen molar-refractivity contribution in [3.63, 3.8) is 0 Å². The summed E-state index contributed by atoms with van der Waals surface area (Å²) >= 11 is 0. The number of amides is 2. The zero-order chi connectivity index (χ0) is 29.6. The molecule has 1 unspecified atom stereocenters. The molecule has 0 heterocycles. The lowest BCUT2D eigenvalue weighted by molar-refractivity contribution is -0.139. The number of nitrogens with one attached hydrogen (secondary N) is 1. The Labute approximate surface area is 244 Å². The molecular formula is C33H41N3O4S. The van der Waals surface area contributed by atoms with Gasteiger partial charge in [-0.05, 0) is 74.9 Å². The van der Waals surface area contributed by atoms with E-state index in [1.54, 1.807) is 43.3 Å². The molecule has 1 saturated carbocycles. The van der Waals surface area contributed by atoms with Crippen molar-refractivity contribution in [1.29, 1.82) is 0 Å². The summed E-state index contributed by atoms with van der Waals surface area (Å²) in [7, 11) is -4.09. The molecule has 7 nitrogen and oxygen atoms in total. The van der Waals surface area contributed by atoms with Gasteiger partial charge in [0, 0.05) is 12.6 Å².